The first kappa shape index (κ1) is 79.9. The molecule has 1 aliphatic heterocycles. The summed E-state index contributed by atoms with van der Waals surface area (Å²) >= 11 is 0. The SMILES string of the molecule is CCCCCCCCCCCCCCN(CCCCCCCCCCCCCC)CN1C(=O)N(CN(CCCCCCCCCCCCCC)CCCCCCCCCCCCCC)C(CCCCCCCC)(CCCCCCCC)C1=O. The molecule has 1 heterocycles. The molecule has 494 valence electrons. The highest BCUT2D eigenvalue weighted by Gasteiger charge is 2.56. The predicted octanol–water partition coefficient (Wildman–Crippen LogP) is 25.8. The highest BCUT2D eigenvalue weighted by atomic mass is 16.2. The molecule has 0 radical (unpaired) electrons. The summed E-state index contributed by atoms with van der Waals surface area (Å²) in [6, 6.07) is 0.0377. The topological polar surface area (TPSA) is 47.1 Å². The summed E-state index contributed by atoms with van der Waals surface area (Å²) < 4.78 is 0. The summed E-state index contributed by atoms with van der Waals surface area (Å²) in [5.74, 6) is 0.162. The van der Waals surface area contributed by atoms with Crippen LogP contribution in [0, 0.1) is 0 Å². The van der Waals surface area contributed by atoms with Gasteiger partial charge in [0.05, 0.1) is 13.3 Å². The number of imide groups is 1. The number of carbonyl (C=O) groups is 2. The zero-order valence-corrected chi connectivity index (χ0v) is 58.2. The van der Waals surface area contributed by atoms with Crippen LogP contribution in [0.25, 0.3) is 0 Å². The lowest BCUT2D eigenvalue weighted by molar-refractivity contribution is -0.136. The normalized spacial score (nSPS) is 13.6. The van der Waals surface area contributed by atoms with Crippen molar-refractivity contribution in [3.05, 3.63) is 0 Å². The molecular formula is C77H154N4O2. The summed E-state index contributed by atoms with van der Waals surface area (Å²) in [4.78, 5) is 40.8. The third-order valence-corrected chi connectivity index (χ3v) is 19.5. The minimum atomic E-state index is -0.727. The van der Waals surface area contributed by atoms with Crippen LogP contribution in [-0.2, 0) is 4.79 Å². The molecule has 0 aliphatic carbocycles. The molecule has 3 amide bonds. The third-order valence-electron chi connectivity index (χ3n) is 19.5. The molecule has 1 saturated heterocycles. The molecule has 6 nitrogen and oxygen atoms in total. The van der Waals surface area contributed by atoms with E-state index in [1.165, 1.54) is 372 Å². The maximum absolute atomic E-state index is 15.8. The second kappa shape index (κ2) is 62.5. The number of urea groups is 1. The maximum atomic E-state index is 15.8. The van der Waals surface area contributed by atoms with Crippen LogP contribution in [0.15, 0.2) is 0 Å². The van der Waals surface area contributed by atoms with Gasteiger partial charge in [0, 0.05) is 0 Å². The number of nitrogens with zero attached hydrogens (tertiary/aromatic N) is 4. The molecule has 0 unspecified atom stereocenters. The average Bonchev–Trinajstić information content (AvgIpc) is 2.06. The minimum Gasteiger partial charge on any atom is -0.297 e. The van der Waals surface area contributed by atoms with Crippen molar-refractivity contribution in [2.75, 3.05) is 39.5 Å². The smallest absolute Gasteiger partial charge is 0.297 e. The lowest BCUT2D eigenvalue weighted by atomic mass is 9.84. The highest BCUT2D eigenvalue weighted by molar-refractivity contribution is 6.07. The Morgan fingerprint density at radius 1 is 0.241 bits per heavy atom. The van der Waals surface area contributed by atoms with Gasteiger partial charge in [-0.25, -0.2) is 9.69 Å². The molecule has 6 heteroatoms. The fourth-order valence-electron chi connectivity index (χ4n) is 13.7. The van der Waals surface area contributed by atoms with E-state index in [1.807, 2.05) is 4.90 Å². The van der Waals surface area contributed by atoms with Gasteiger partial charge in [-0.1, -0.05) is 401 Å². The number of hydrogen-bond donors (Lipinski definition) is 0. The summed E-state index contributed by atoms with van der Waals surface area (Å²) in [6.45, 7) is 19.1. The molecule has 83 heavy (non-hydrogen) atoms. The van der Waals surface area contributed by atoms with Gasteiger partial charge in [0.1, 0.15) is 5.54 Å². The van der Waals surface area contributed by atoms with Gasteiger partial charge in [-0.05, 0) is 64.7 Å². The van der Waals surface area contributed by atoms with Gasteiger partial charge < -0.3 is 0 Å². The lowest BCUT2D eigenvalue weighted by Crippen LogP contribution is -2.54. The van der Waals surface area contributed by atoms with E-state index in [9.17, 15) is 0 Å². The van der Waals surface area contributed by atoms with Gasteiger partial charge in [0.15, 0.2) is 0 Å². The molecule has 0 bridgehead atoms. The summed E-state index contributed by atoms with van der Waals surface area (Å²) in [7, 11) is 0. The molecule has 1 rings (SSSR count). The zero-order valence-electron chi connectivity index (χ0n) is 58.2. The molecule has 0 aromatic heterocycles. The highest BCUT2D eigenvalue weighted by Crippen LogP contribution is 2.39. The molecule has 0 aromatic carbocycles. The molecule has 1 fully saturated rings. The van der Waals surface area contributed by atoms with E-state index in [0.29, 0.717) is 13.3 Å². The van der Waals surface area contributed by atoms with Gasteiger partial charge in [-0.2, -0.15) is 0 Å². The van der Waals surface area contributed by atoms with Crippen LogP contribution in [-0.4, -0.2) is 76.6 Å². The van der Waals surface area contributed by atoms with Crippen molar-refractivity contribution in [2.24, 2.45) is 0 Å². The Balaban J connectivity index is 3.38. The van der Waals surface area contributed by atoms with Gasteiger partial charge >= 0.3 is 6.03 Å². The first-order valence-electron chi connectivity index (χ1n) is 39.0. The number of carbonyl (C=O) groups excluding carboxylic acids is 2. The van der Waals surface area contributed by atoms with Crippen LogP contribution >= 0.6 is 0 Å². The molecule has 1 aliphatic rings. The molecule has 0 saturated carbocycles. The largest absolute Gasteiger partial charge is 0.329 e. The first-order valence-corrected chi connectivity index (χ1v) is 39.0. The van der Waals surface area contributed by atoms with E-state index < -0.39 is 5.54 Å². The second-order valence-corrected chi connectivity index (χ2v) is 27.6. The van der Waals surface area contributed by atoms with E-state index in [4.69, 9.17) is 0 Å². The van der Waals surface area contributed by atoms with Gasteiger partial charge in [-0.3, -0.25) is 19.5 Å². The molecular weight excluding hydrogens is 1010 g/mol. The Hall–Kier alpha value is -1.14. The van der Waals surface area contributed by atoms with Gasteiger partial charge in [0.2, 0.25) is 0 Å². The van der Waals surface area contributed by atoms with Crippen LogP contribution in [0.5, 0.6) is 0 Å². The Morgan fingerprint density at radius 2 is 0.422 bits per heavy atom. The Morgan fingerprint density at radius 3 is 0.639 bits per heavy atom. The van der Waals surface area contributed by atoms with E-state index in [1.54, 1.807) is 0 Å². The number of hydrogen-bond acceptors (Lipinski definition) is 4. The molecule has 0 atom stereocenters. The standard InChI is InChI=1S/C77H154N4O2/c1-7-13-19-25-31-35-39-43-47-51-57-63-69-78(70-64-58-52-48-44-40-36-32-26-20-14-8-2)73-80-75(82)77(67-61-55-29-23-17-11-5,68-62-56-30-24-18-12-6)81(76(80)83)74-79(71-65-59-53-49-45-41-37-33-27-21-15-9-3)72-66-60-54-50-46-42-38-34-28-22-16-10-4/h7-74H2,1-6H3. The van der Waals surface area contributed by atoms with Crippen LogP contribution in [0.2, 0.25) is 0 Å². The Labute approximate surface area is 523 Å². The van der Waals surface area contributed by atoms with Crippen molar-refractivity contribution in [3.8, 4) is 0 Å². The fraction of sp³-hybridized carbons (Fsp3) is 0.974. The third kappa shape index (κ3) is 45.7. The minimum absolute atomic E-state index is 0.0377. The van der Waals surface area contributed by atoms with Crippen molar-refractivity contribution in [2.45, 2.75) is 445 Å². The van der Waals surface area contributed by atoms with Gasteiger partial charge in [0.25, 0.3) is 5.91 Å². The van der Waals surface area contributed by atoms with Crippen LogP contribution in [0.3, 0.4) is 0 Å². The molecule has 0 aromatic rings. The van der Waals surface area contributed by atoms with E-state index >= 15 is 9.59 Å². The van der Waals surface area contributed by atoms with Crippen molar-refractivity contribution in [3.63, 3.8) is 0 Å². The number of amides is 3. The summed E-state index contributed by atoms with van der Waals surface area (Å²) in [5.41, 5.74) is -0.727. The number of rotatable bonds is 70. The molecule has 0 spiro atoms. The Bertz CT molecular complexity index is 1250. The quantitative estimate of drug-likeness (QED) is 0.0450. The first-order chi connectivity index (χ1) is 40.9. The lowest BCUT2D eigenvalue weighted by Gasteiger charge is -2.39. The van der Waals surface area contributed by atoms with Crippen LogP contribution in [0.1, 0.15) is 440 Å². The van der Waals surface area contributed by atoms with E-state index in [0.717, 1.165) is 51.9 Å². The van der Waals surface area contributed by atoms with E-state index in [2.05, 4.69) is 56.2 Å². The predicted molar refractivity (Wildman–Crippen MR) is 370 cm³/mol. The zero-order chi connectivity index (χ0) is 60.0. The summed E-state index contributed by atoms with van der Waals surface area (Å²) in [6.07, 6.45) is 81.3. The number of unbranched alkanes of at least 4 members (excludes halogenated alkanes) is 54. The van der Waals surface area contributed by atoms with Crippen LogP contribution < -0.4 is 0 Å². The molecule has 0 N–H and O–H groups in total. The average molecular weight is 1170 g/mol. The van der Waals surface area contributed by atoms with Crippen molar-refractivity contribution in [1.82, 2.24) is 19.6 Å². The Kier molecular flexibility index (Phi) is 60.1. The van der Waals surface area contributed by atoms with Crippen molar-refractivity contribution < 1.29 is 9.59 Å². The second-order valence-electron chi connectivity index (χ2n) is 27.6. The summed E-state index contributed by atoms with van der Waals surface area (Å²) in [5, 5.41) is 0. The maximum Gasteiger partial charge on any atom is 0.329 e. The monoisotopic (exact) mass is 1170 g/mol. The van der Waals surface area contributed by atoms with Gasteiger partial charge in [-0.15, -0.1) is 0 Å². The fourth-order valence-corrected chi connectivity index (χ4v) is 13.7. The van der Waals surface area contributed by atoms with E-state index in [-0.39, 0.29) is 11.9 Å². The van der Waals surface area contributed by atoms with Crippen molar-refractivity contribution >= 4 is 11.9 Å². The van der Waals surface area contributed by atoms with Crippen molar-refractivity contribution in [1.29, 1.82) is 0 Å². The van der Waals surface area contributed by atoms with Crippen LogP contribution in [0.4, 0.5) is 4.79 Å².